The van der Waals surface area contributed by atoms with Crippen LogP contribution >= 0.6 is 23.1 Å². The van der Waals surface area contributed by atoms with Crippen LogP contribution in [0.3, 0.4) is 0 Å². The second-order valence-corrected chi connectivity index (χ2v) is 23.1. The topological polar surface area (TPSA) is 181 Å². The van der Waals surface area contributed by atoms with Gasteiger partial charge in [0.15, 0.2) is 6.61 Å². The Hall–Kier alpha value is -6.44. The second-order valence-electron chi connectivity index (χ2n) is 19.0. The van der Waals surface area contributed by atoms with Crippen molar-refractivity contribution in [2.75, 3.05) is 86.6 Å². The van der Waals surface area contributed by atoms with E-state index in [1.54, 1.807) is 43.7 Å². The number of nitrogens with one attached hydrogen (secondary N) is 4. The number of aromatic nitrogens is 2. The summed E-state index contributed by atoms with van der Waals surface area (Å²) < 4.78 is 60.3. The minimum absolute atomic E-state index is 0.0110. The summed E-state index contributed by atoms with van der Waals surface area (Å²) in [5, 5.41) is 12.1. The molecular formula is C53H59BrF3N10O6P. The van der Waals surface area contributed by atoms with Crippen LogP contribution in [0, 0.1) is 23.7 Å². The molecule has 16 nitrogen and oxygen atoms in total. The zero-order valence-electron chi connectivity index (χ0n) is 41.5. The Morgan fingerprint density at radius 1 is 0.932 bits per heavy atom. The van der Waals surface area contributed by atoms with Crippen LogP contribution in [0.2, 0.25) is 0 Å². The van der Waals surface area contributed by atoms with Gasteiger partial charge in [0.2, 0.25) is 17.8 Å². The molecule has 21 heteroatoms. The van der Waals surface area contributed by atoms with E-state index in [1.807, 2.05) is 19.1 Å². The fraction of sp³-hybridized carbons (Fsp3) is 0.434. The second kappa shape index (κ2) is 23.8. The maximum absolute atomic E-state index is 13.8. The number of amides is 4. The highest BCUT2D eigenvalue weighted by Gasteiger charge is 2.40. The smallest absolute Gasteiger partial charge is 0.422 e. The number of benzene rings is 3. The molecule has 3 aromatic carbocycles. The summed E-state index contributed by atoms with van der Waals surface area (Å²) in [6.07, 6.45) is 1.73. The number of anilines is 6. The van der Waals surface area contributed by atoms with Crippen LogP contribution in [0.1, 0.15) is 79.8 Å². The molecular weight excluding hydrogens is 1040 g/mol. The molecule has 1 unspecified atom stereocenters. The summed E-state index contributed by atoms with van der Waals surface area (Å²) in [6, 6.07) is 15.2. The zero-order valence-corrected chi connectivity index (χ0v) is 44.0. The Morgan fingerprint density at radius 3 is 2.43 bits per heavy atom. The Morgan fingerprint density at radius 2 is 1.70 bits per heavy atom. The monoisotopic (exact) mass is 1100 g/mol. The van der Waals surface area contributed by atoms with Gasteiger partial charge in [-0.15, -0.1) is 0 Å². The summed E-state index contributed by atoms with van der Waals surface area (Å²) >= 11 is 3.47. The number of hydrogen-bond acceptors (Lipinski definition) is 13. The van der Waals surface area contributed by atoms with Crippen molar-refractivity contribution >= 4 is 86.5 Å². The highest BCUT2D eigenvalue weighted by molar-refractivity contribution is 9.10. The predicted molar refractivity (Wildman–Crippen MR) is 283 cm³/mol. The Kier molecular flexibility index (Phi) is 17.3. The van der Waals surface area contributed by atoms with Crippen molar-refractivity contribution in [3.8, 4) is 29.4 Å². The van der Waals surface area contributed by atoms with E-state index in [2.05, 4.69) is 85.5 Å². The average molecular weight is 1100 g/mol. The Labute approximate surface area is 437 Å². The fourth-order valence-electron chi connectivity index (χ4n) is 9.62. The molecule has 0 spiro atoms. The molecule has 1 atom stereocenters. The molecule has 0 radical (unpaired) electrons. The molecule has 4 aliphatic rings. The number of hydrogen-bond donors (Lipinski definition) is 4. The first-order valence-corrected chi connectivity index (χ1v) is 28.2. The zero-order chi connectivity index (χ0) is 52.6. The van der Waals surface area contributed by atoms with E-state index in [9.17, 15) is 36.9 Å². The van der Waals surface area contributed by atoms with Crippen molar-refractivity contribution in [2.45, 2.75) is 83.1 Å². The number of nitrogens with zero attached hydrogens (tertiary/aromatic N) is 6. The molecule has 4 aromatic rings. The highest BCUT2D eigenvalue weighted by Crippen LogP contribution is 2.42. The quantitative estimate of drug-likeness (QED) is 0.0392. The van der Waals surface area contributed by atoms with E-state index in [0.29, 0.717) is 70.6 Å². The van der Waals surface area contributed by atoms with Crippen molar-refractivity contribution in [2.24, 2.45) is 0 Å². The van der Waals surface area contributed by atoms with Gasteiger partial charge in [0.05, 0.1) is 27.2 Å². The van der Waals surface area contributed by atoms with E-state index in [1.165, 1.54) is 23.2 Å². The minimum Gasteiger partial charge on any atom is -0.482 e. The molecule has 4 N–H and O–H groups in total. The molecule has 3 fully saturated rings. The Balaban J connectivity index is 0.900. The number of piperazine rings is 1. The normalized spacial score (nSPS) is 17.7. The fourth-order valence-corrected chi connectivity index (χ4v) is 11.1. The van der Waals surface area contributed by atoms with Crippen LogP contribution in [0.5, 0.6) is 5.75 Å². The SMILES string of the molecule is CCCC#CC(=O)Nc1cc(Nc2ncc(Br)c(Nc3ccccc3P(C)(C)=O)n2)c(OCC(F)(F)F)cc1N1CCC(N2CCN(CCCC#Cc3cccc4c3CN(C3CCC(=O)NC3=O)C4=O)CC2)CC1. The molecule has 5 heterocycles. The van der Waals surface area contributed by atoms with Gasteiger partial charge in [-0.2, -0.15) is 18.2 Å². The number of fused-ring (bicyclic) bond motifs is 1. The van der Waals surface area contributed by atoms with Crippen molar-refractivity contribution < 1.29 is 41.7 Å². The number of piperidine rings is 2. The maximum atomic E-state index is 13.8. The summed E-state index contributed by atoms with van der Waals surface area (Å²) in [5.74, 6) is 10.7. The number of halogens is 4. The molecule has 1 aromatic heterocycles. The maximum Gasteiger partial charge on any atom is 0.422 e. The van der Waals surface area contributed by atoms with E-state index in [0.717, 1.165) is 69.5 Å². The van der Waals surface area contributed by atoms with Crippen molar-refractivity contribution in [3.05, 3.63) is 82.0 Å². The van der Waals surface area contributed by atoms with Crippen LogP contribution in [-0.4, -0.2) is 132 Å². The lowest BCUT2D eigenvalue weighted by Gasteiger charge is -2.43. The number of ether oxygens (including phenoxy) is 1. The van der Waals surface area contributed by atoms with Crippen molar-refractivity contribution in [3.63, 3.8) is 0 Å². The van der Waals surface area contributed by atoms with Gasteiger partial charge >= 0.3 is 6.18 Å². The molecule has 4 amide bonds. The number of carbonyl (C=O) groups excluding carboxylic acids is 4. The number of imide groups is 1. The van der Waals surface area contributed by atoms with Gasteiger partial charge in [-0.1, -0.05) is 42.9 Å². The van der Waals surface area contributed by atoms with Gasteiger partial charge < -0.3 is 40.0 Å². The van der Waals surface area contributed by atoms with E-state index in [-0.39, 0.29) is 48.2 Å². The van der Waals surface area contributed by atoms with Crippen LogP contribution in [0.4, 0.5) is 47.7 Å². The number of para-hydroxylation sites is 1. The number of alkyl halides is 3. The summed E-state index contributed by atoms with van der Waals surface area (Å²) in [4.78, 5) is 68.2. The predicted octanol–water partition coefficient (Wildman–Crippen LogP) is 7.84. The van der Waals surface area contributed by atoms with E-state index >= 15 is 0 Å². The third-order valence-corrected chi connectivity index (χ3v) is 15.5. The largest absolute Gasteiger partial charge is 0.482 e. The molecule has 390 valence electrons. The van der Waals surface area contributed by atoms with Gasteiger partial charge in [0.1, 0.15) is 24.8 Å². The lowest BCUT2D eigenvalue weighted by molar-refractivity contribution is -0.153. The first kappa shape index (κ1) is 53.8. The van der Waals surface area contributed by atoms with Crippen molar-refractivity contribution in [1.82, 2.24) is 30.0 Å². The molecule has 0 bridgehead atoms. The molecule has 3 saturated heterocycles. The van der Waals surface area contributed by atoms with Gasteiger partial charge in [-0.3, -0.25) is 29.4 Å². The van der Waals surface area contributed by atoms with Gasteiger partial charge in [-0.25, -0.2) is 4.98 Å². The summed E-state index contributed by atoms with van der Waals surface area (Å²) in [6.45, 7) is 9.59. The third-order valence-electron chi connectivity index (χ3n) is 13.4. The number of carbonyl (C=O) groups is 4. The van der Waals surface area contributed by atoms with Crippen LogP contribution in [0.25, 0.3) is 0 Å². The first-order valence-electron chi connectivity index (χ1n) is 24.8. The van der Waals surface area contributed by atoms with Gasteiger partial charge in [0.25, 0.3) is 11.8 Å². The van der Waals surface area contributed by atoms with Crippen LogP contribution in [-0.2, 0) is 25.5 Å². The van der Waals surface area contributed by atoms with E-state index in [4.69, 9.17) is 4.74 Å². The number of rotatable bonds is 15. The van der Waals surface area contributed by atoms with Crippen LogP contribution in [0.15, 0.2) is 65.3 Å². The summed E-state index contributed by atoms with van der Waals surface area (Å²) in [5.41, 5.74) is 3.58. The Bertz CT molecular complexity index is 2950. The highest BCUT2D eigenvalue weighted by atomic mass is 79.9. The lowest BCUT2D eigenvalue weighted by atomic mass is 10.0. The molecule has 74 heavy (non-hydrogen) atoms. The van der Waals surface area contributed by atoms with E-state index < -0.39 is 37.8 Å². The van der Waals surface area contributed by atoms with Gasteiger partial charge in [0, 0.05) is 99.8 Å². The standard InChI is InChI=1S/C53H59BrF3N10O6P/c1-4-5-7-18-47(68)59-41-30-42(61-52-58-32-39(54)49(63-52)60-40-16-9-10-17-46(40)74(2,3)72)45(73-34-53(55,56)57)31-44(41)66-24-21-36(22-25-66)65-28-26-64(27-29-65)23-11-6-8-13-35-14-12-15-37-38(35)33-67(51(37)71)43-19-20-48(69)62-50(43)70/h9-10,12,14-17,30-32,36,43H,4-6,11,19-29,33-34H2,1-3H3,(H,59,68)(H,62,69,70)(H2,58,60,61,63). The van der Waals surface area contributed by atoms with Crippen molar-refractivity contribution in [1.29, 1.82) is 0 Å². The molecule has 4 aliphatic heterocycles. The third kappa shape index (κ3) is 13.6. The average Bonchev–Trinajstić information content (AvgIpc) is 3.70. The minimum atomic E-state index is -4.65. The van der Waals surface area contributed by atoms with Crippen LogP contribution < -0.4 is 36.2 Å². The molecule has 0 saturated carbocycles. The van der Waals surface area contributed by atoms with Gasteiger partial charge in [-0.05, 0) is 110 Å². The lowest BCUT2D eigenvalue weighted by Crippen LogP contribution is -2.53. The number of unbranched alkanes of at least 4 members (excludes halogenated alkanes) is 2. The molecule has 8 rings (SSSR count). The first-order chi connectivity index (χ1) is 35.4. The summed E-state index contributed by atoms with van der Waals surface area (Å²) in [7, 11) is -2.70. The molecule has 0 aliphatic carbocycles.